The topological polar surface area (TPSA) is 107 Å². The van der Waals surface area contributed by atoms with E-state index in [1.807, 2.05) is 0 Å². The molecule has 0 fully saturated rings. The molecule has 0 bridgehead atoms. The van der Waals surface area contributed by atoms with E-state index in [-0.39, 0.29) is 12.0 Å². The van der Waals surface area contributed by atoms with Gasteiger partial charge in [-0.05, 0) is 24.3 Å². The zero-order chi connectivity index (χ0) is 18.4. The molecule has 1 heterocycles. The number of carboxylic acid groups (broad SMARTS) is 1. The van der Waals surface area contributed by atoms with Gasteiger partial charge in [0.2, 0.25) is 5.75 Å². The lowest BCUT2D eigenvalue weighted by atomic mass is 10.1. The lowest BCUT2D eigenvalue weighted by Crippen LogP contribution is -2.30. The fourth-order valence-electron chi connectivity index (χ4n) is 2.34. The van der Waals surface area contributed by atoms with Gasteiger partial charge < -0.3 is 29.1 Å². The van der Waals surface area contributed by atoms with E-state index < -0.39 is 17.9 Å². The number of aliphatic carboxylic acids is 1. The fourth-order valence-corrected chi connectivity index (χ4v) is 2.34. The largest absolute Gasteiger partial charge is 0.493 e. The molecular weight excluding hydrogens is 330 g/mol. The maximum absolute atomic E-state index is 12.6. The first kappa shape index (κ1) is 18.2. The van der Waals surface area contributed by atoms with Crippen LogP contribution in [-0.4, -0.2) is 38.3 Å². The van der Waals surface area contributed by atoms with Crippen LogP contribution < -0.4 is 19.5 Å². The van der Waals surface area contributed by atoms with Gasteiger partial charge in [0.15, 0.2) is 11.5 Å². The molecule has 1 aromatic heterocycles. The molecule has 1 atom stereocenters. The molecule has 2 N–H and O–H groups in total. The molecule has 1 unspecified atom stereocenters. The molecule has 2 aromatic rings. The Hall–Kier alpha value is -3.16. The summed E-state index contributed by atoms with van der Waals surface area (Å²) in [5.41, 5.74) is 0.233. The second-order valence-corrected chi connectivity index (χ2v) is 5.05. The first-order valence-electron chi connectivity index (χ1n) is 7.36. The van der Waals surface area contributed by atoms with E-state index in [4.69, 9.17) is 23.7 Å². The summed E-state index contributed by atoms with van der Waals surface area (Å²) >= 11 is 0. The summed E-state index contributed by atoms with van der Waals surface area (Å²) in [4.78, 5) is 23.6. The zero-order valence-corrected chi connectivity index (χ0v) is 14.1. The highest BCUT2D eigenvalue weighted by Crippen LogP contribution is 2.38. The number of nitrogens with one attached hydrogen (secondary N) is 1. The number of carbonyl (C=O) groups is 2. The number of ether oxygens (including phenoxy) is 3. The Morgan fingerprint density at radius 1 is 1.16 bits per heavy atom. The number of amides is 1. The molecule has 8 heteroatoms. The molecule has 134 valence electrons. The lowest BCUT2D eigenvalue weighted by molar-refractivity contribution is -0.137. The number of hydrogen-bond acceptors (Lipinski definition) is 6. The maximum atomic E-state index is 12.6. The first-order valence-corrected chi connectivity index (χ1v) is 7.36. The van der Waals surface area contributed by atoms with E-state index in [0.29, 0.717) is 23.0 Å². The van der Waals surface area contributed by atoms with Crippen LogP contribution in [0.5, 0.6) is 17.2 Å². The van der Waals surface area contributed by atoms with Crippen molar-refractivity contribution in [1.29, 1.82) is 0 Å². The minimum atomic E-state index is -1.06. The zero-order valence-electron chi connectivity index (χ0n) is 14.1. The molecular formula is C17H19NO7. The monoisotopic (exact) mass is 349 g/mol. The van der Waals surface area contributed by atoms with Crippen LogP contribution in [0.1, 0.15) is 28.6 Å². The summed E-state index contributed by atoms with van der Waals surface area (Å²) in [6.07, 6.45) is 1.10. The summed E-state index contributed by atoms with van der Waals surface area (Å²) in [6, 6.07) is 5.38. The van der Waals surface area contributed by atoms with E-state index in [2.05, 4.69) is 5.32 Å². The van der Waals surface area contributed by atoms with Crippen LogP contribution >= 0.6 is 0 Å². The highest BCUT2D eigenvalue weighted by Gasteiger charge is 2.23. The van der Waals surface area contributed by atoms with Crippen molar-refractivity contribution in [2.75, 3.05) is 21.3 Å². The lowest BCUT2D eigenvalue weighted by Gasteiger charge is -2.17. The van der Waals surface area contributed by atoms with Gasteiger partial charge in [0, 0.05) is 5.56 Å². The molecule has 0 aliphatic carbocycles. The van der Waals surface area contributed by atoms with Crippen LogP contribution in [0.3, 0.4) is 0 Å². The number of benzene rings is 1. The predicted octanol–water partition coefficient (Wildman–Crippen LogP) is 2.25. The second-order valence-electron chi connectivity index (χ2n) is 5.05. The average molecular weight is 349 g/mol. The molecule has 2 rings (SSSR count). The Morgan fingerprint density at radius 3 is 2.24 bits per heavy atom. The van der Waals surface area contributed by atoms with E-state index in [1.165, 1.54) is 39.7 Å². The molecule has 1 amide bonds. The van der Waals surface area contributed by atoms with Crippen molar-refractivity contribution >= 4 is 11.9 Å². The molecule has 0 spiro atoms. The molecule has 1 aromatic carbocycles. The Kier molecular flexibility index (Phi) is 5.89. The van der Waals surface area contributed by atoms with Gasteiger partial charge in [-0.25, -0.2) is 0 Å². The SMILES string of the molecule is COc1cc(C(=O)NC(CC(=O)O)c2ccco2)cc(OC)c1OC. The number of carbonyl (C=O) groups excluding carboxylic acids is 1. The van der Waals surface area contributed by atoms with Crippen molar-refractivity contribution in [2.45, 2.75) is 12.5 Å². The normalized spacial score (nSPS) is 11.5. The smallest absolute Gasteiger partial charge is 0.305 e. The molecule has 0 saturated carbocycles. The molecule has 0 radical (unpaired) electrons. The van der Waals surface area contributed by atoms with E-state index in [0.717, 1.165) is 0 Å². The molecule has 0 aliphatic rings. The van der Waals surface area contributed by atoms with Gasteiger partial charge in [-0.2, -0.15) is 0 Å². The highest BCUT2D eigenvalue weighted by molar-refractivity contribution is 5.96. The quantitative estimate of drug-likeness (QED) is 0.752. The third-order valence-corrected chi connectivity index (χ3v) is 3.50. The third kappa shape index (κ3) is 4.23. The minimum absolute atomic E-state index is 0.233. The standard InChI is InChI=1S/C17H19NO7/c1-22-13-7-10(8-14(23-2)16(13)24-3)17(21)18-11(9-15(19)20)12-5-4-6-25-12/h4-8,11H,9H2,1-3H3,(H,18,21)(H,19,20). The van der Waals surface area contributed by atoms with Crippen molar-refractivity contribution in [1.82, 2.24) is 5.32 Å². The molecule has 0 saturated heterocycles. The van der Waals surface area contributed by atoms with Gasteiger partial charge in [0.05, 0.1) is 40.1 Å². The Morgan fingerprint density at radius 2 is 1.80 bits per heavy atom. The summed E-state index contributed by atoms with van der Waals surface area (Å²) in [5.74, 6) is -0.217. The third-order valence-electron chi connectivity index (χ3n) is 3.50. The molecule has 25 heavy (non-hydrogen) atoms. The first-order chi connectivity index (χ1) is 12.0. The van der Waals surface area contributed by atoms with Crippen LogP contribution in [0, 0.1) is 0 Å². The molecule has 0 aliphatic heterocycles. The van der Waals surface area contributed by atoms with Crippen LogP contribution in [-0.2, 0) is 4.79 Å². The van der Waals surface area contributed by atoms with Gasteiger partial charge in [0.25, 0.3) is 5.91 Å². The number of carboxylic acids is 1. The second kappa shape index (κ2) is 8.09. The number of hydrogen-bond donors (Lipinski definition) is 2. The Bertz CT molecular complexity index is 714. The van der Waals surface area contributed by atoms with Gasteiger partial charge in [-0.3, -0.25) is 9.59 Å². The number of furan rings is 1. The van der Waals surface area contributed by atoms with Gasteiger partial charge >= 0.3 is 5.97 Å². The average Bonchev–Trinajstić information content (AvgIpc) is 3.13. The fraction of sp³-hybridized carbons (Fsp3) is 0.294. The van der Waals surface area contributed by atoms with Crippen molar-refractivity contribution in [3.05, 3.63) is 41.9 Å². The van der Waals surface area contributed by atoms with Gasteiger partial charge in [-0.15, -0.1) is 0 Å². The van der Waals surface area contributed by atoms with Crippen molar-refractivity contribution in [2.24, 2.45) is 0 Å². The Balaban J connectivity index is 2.31. The number of rotatable bonds is 8. The van der Waals surface area contributed by atoms with E-state index in [1.54, 1.807) is 12.1 Å². The van der Waals surface area contributed by atoms with E-state index in [9.17, 15) is 9.59 Å². The van der Waals surface area contributed by atoms with Crippen LogP contribution in [0.2, 0.25) is 0 Å². The summed E-state index contributed by atoms with van der Waals surface area (Å²) in [7, 11) is 4.34. The van der Waals surface area contributed by atoms with Gasteiger partial charge in [-0.1, -0.05) is 0 Å². The van der Waals surface area contributed by atoms with Gasteiger partial charge in [0.1, 0.15) is 5.76 Å². The summed E-state index contributed by atoms with van der Waals surface area (Å²) in [5, 5.41) is 11.7. The van der Waals surface area contributed by atoms with Crippen LogP contribution in [0.25, 0.3) is 0 Å². The predicted molar refractivity (Wildman–Crippen MR) is 87.3 cm³/mol. The summed E-state index contributed by atoms with van der Waals surface area (Å²) < 4.78 is 20.9. The Labute approximate surface area is 144 Å². The summed E-state index contributed by atoms with van der Waals surface area (Å²) in [6.45, 7) is 0. The van der Waals surface area contributed by atoms with Crippen molar-refractivity contribution in [3.8, 4) is 17.2 Å². The number of methoxy groups -OCH3 is 3. The van der Waals surface area contributed by atoms with Crippen LogP contribution in [0.4, 0.5) is 0 Å². The molecule has 8 nitrogen and oxygen atoms in total. The maximum Gasteiger partial charge on any atom is 0.305 e. The van der Waals surface area contributed by atoms with Crippen molar-refractivity contribution in [3.63, 3.8) is 0 Å². The van der Waals surface area contributed by atoms with Crippen molar-refractivity contribution < 1.29 is 33.3 Å². The minimum Gasteiger partial charge on any atom is -0.493 e. The van der Waals surface area contributed by atoms with E-state index >= 15 is 0 Å². The van der Waals surface area contributed by atoms with Crippen LogP contribution in [0.15, 0.2) is 34.9 Å². The highest BCUT2D eigenvalue weighted by atomic mass is 16.5.